The van der Waals surface area contributed by atoms with Gasteiger partial charge < -0.3 is 9.84 Å². The average molecular weight is 249 g/mol. The number of carbonyl (C=O) groups is 1. The smallest absolute Gasteiger partial charge is 0.437 e. The summed E-state index contributed by atoms with van der Waals surface area (Å²) < 4.78 is 41.7. The third kappa shape index (κ3) is 3.33. The normalized spacial score (nSPS) is 11.3. The molecule has 1 heterocycles. The van der Waals surface area contributed by atoms with E-state index in [2.05, 4.69) is 9.72 Å². The molecule has 1 N–H and O–H groups in total. The van der Waals surface area contributed by atoms with Crippen molar-refractivity contribution in [2.75, 3.05) is 6.61 Å². The zero-order valence-electron chi connectivity index (χ0n) is 8.91. The lowest BCUT2D eigenvalue weighted by molar-refractivity contribution is -0.144. The van der Waals surface area contributed by atoms with Crippen LogP contribution in [0.5, 0.6) is 5.75 Å². The third-order valence-corrected chi connectivity index (χ3v) is 1.92. The van der Waals surface area contributed by atoms with E-state index in [-0.39, 0.29) is 12.2 Å². The summed E-state index contributed by atoms with van der Waals surface area (Å²) in [7, 11) is 0. The molecule has 0 saturated carbocycles. The number of carbonyl (C=O) groups excluding carboxylic acids is 1. The van der Waals surface area contributed by atoms with Gasteiger partial charge >= 0.3 is 12.1 Å². The van der Waals surface area contributed by atoms with E-state index < -0.39 is 30.0 Å². The van der Waals surface area contributed by atoms with Gasteiger partial charge in [0.2, 0.25) is 0 Å². The molecule has 0 spiro atoms. The highest BCUT2D eigenvalue weighted by molar-refractivity contribution is 5.73. The molecule has 17 heavy (non-hydrogen) atoms. The number of nitrogens with zero attached hydrogens (tertiary/aromatic N) is 1. The first-order chi connectivity index (χ1) is 7.86. The maximum absolute atomic E-state index is 12.4. The largest absolute Gasteiger partial charge is 0.505 e. The SMILES string of the molecule is CCOC(=O)Cc1ccnc(C(F)(F)F)c1O. The molecular formula is C10H10F3NO3. The lowest BCUT2D eigenvalue weighted by Gasteiger charge is -2.10. The van der Waals surface area contributed by atoms with Crippen LogP contribution >= 0.6 is 0 Å². The Balaban J connectivity index is 2.99. The predicted octanol–water partition coefficient (Wildman–Crippen LogP) is 1.91. The van der Waals surface area contributed by atoms with Crippen LogP contribution in [0.15, 0.2) is 12.3 Å². The van der Waals surface area contributed by atoms with Gasteiger partial charge in [0.1, 0.15) is 5.75 Å². The number of ether oxygens (including phenoxy) is 1. The highest BCUT2D eigenvalue weighted by Gasteiger charge is 2.36. The Bertz CT molecular complexity index is 418. The van der Waals surface area contributed by atoms with E-state index >= 15 is 0 Å². The Morgan fingerprint density at radius 2 is 2.18 bits per heavy atom. The van der Waals surface area contributed by atoms with Crippen molar-refractivity contribution in [2.45, 2.75) is 19.5 Å². The molecule has 0 amide bonds. The zero-order chi connectivity index (χ0) is 13.1. The van der Waals surface area contributed by atoms with E-state index in [1.807, 2.05) is 0 Å². The van der Waals surface area contributed by atoms with Crippen LogP contribution in [0.25, 0.3) is 0 Å². The van der Waals surface area contributed by atoms with E-state index in [1.54, 1.807) is 6.92 Å². The first-order valence-corrected chi connectivity index (χ1v) is 4.76. The monoisotopic (exact) mass is 249 g/mol. The van der Waals surface area contributed by atoms with Gasteiger partial charge in [-0.15, -0.1) is 0 Å². The number of aromatic hydroxyl groups is 1. The Morgan fingerprint density at radius 3 is 2.71 bits per heavy atom. The second-order valence-corrected chi connectivity index (χ2v) is 3.15. The van der Waals surface area contributed by atoms with E-state index in [9.17, 15) is 23.1 Å². The molecule has 0 aliphatic rings. The summed E-state index contributed by atoms with van der Waals surface area (Å²) in [5.74, 6) is -1.74. The zero-order valence-corrected chi connectivity index (χ0v) is 8.91. The van der Waals surface area contributed by atoms with Crippen LogP contribution in [0, 0.1) is 0 Å². The van der Waals surface area contributed by atoms with Crippen LogP contribution in [-0.4, -0.2) is 22.7 Å². The minimum Gasteiger partial charge on any atom is -0.505 e. The van der Waals surface area contributed by atoms with Gasteiger partial charge in [-0.05, 0) is 13.0 Å². The fourth-order valence-corrected chi connectivity index (χ4v) is 1.21. The molecule has 0 aliphatic carbocycles. The number of hydrogen-bond donors (Lipinski definition) is 1. The van der Waals surface area contributed by atoms with Crippen molar-refractivity contribution >= 4 is 5.97 Å². The van der Waals surface area contributed by atoms with Crippen LogP contribution in [-0.2, 0) is 22.1 Å². The van der Waals surface area contributed by atoms with Crippen molar-refractivity contribution < 1.29 is 27.8 Å². The lowest BCUT2D eigenvalue weighted by atomic mass is 10.1. The van der Waals surface area contributed by atoms with Crippen molar-refractivity contribution in [1.82, 2.24) is 4.98 Å². The molecule has 0 radical (unpaired) electrons. The molecule has 0 bridgehead atoms. The molecule has 0 aliphatic heterocycles. The van der Waals surface area contributed by atoms with Gasteiger partial charge in [0.05, 0.1) is 13.0 Å². The fraction of sp³-hybridized carbons (Fsp3) is 0.400. The first kappa shape index (κ1) is 13.3. The standard InChI is InChI=1S/C10H10F3NO3/c1-2-17-7(15)5-6-3-4-14-9(8(6)16)10(11,12)13/h3-4,16H,2,5H2,1H3. The van der Waals surface area contributed by atoms with Gasteiger partial charge in [-0.2, -0.15) is 13.2 Å². The Hall–Kier alpha value is -1.79. The summed E-state index contributed by atoms with van der Waals surface area (Å²) in [5.41, 5.74) is -1.56. The fourth-order valence-electron chi connectivity index (χ4n) is 1.21. The molecule has 1 aromatic rings. The van der Waals surface area contributed by atoms with Crippen LogP contribution < -0.4 is 0 Å². The molecular weight excluding hydrogens is 239 g/mol. The second-order valence-electron chi connectivity index (χ2n) is 3.15. The number of hydrogen-bond acceptors (Lipinski definition) is 4. The molecule has 1 rings (SSSR count). The number of alkyl halides is 3. The van der Waals surface area contributed by atoms with E-state index in [4.69, 9.17) is 0 Å². The summed E-state index contributed by atoms with van der Waals surface area (Å²) >= 11 is 0. The van der Waals surface area contributed by atoms with Crippen molar-refractivity contribution in [3.05, 3.63) is 23.5 Å². The van der Waals surface area contributed by atoms with Crippen molar-refractivity contribution in [1.29, 1.82) is 0 Å². The Labute approximate surface area is 95.0 Å². The summed E-state index contributed by atoms with van der Waals surface area (Å²) in [6, 6.07) is 1.14. The number of rotatable bonds is 3. The van der Waals surface area contributed by atoms with Crippen molar-refractivity contribution in [2.24, 2.45) is 0 Å². The third-order valence-electron chi connectivity index (χ3n) is 1.92. The van der Waals surface area contributed by atoms with Gasteiger partial charge in [-0.1, -0.05) is 0 Å². The summed E-state index contributed by atoms with van der Waals surface area (Å²) in [6.07, 6.45) is -4.29. The lowest BCUT2D eigenvalue weighted by Crippen LogP contribution is -2.12. The highest BCUT2D eigenvalue weighted by Crippen LogP contribution is 2.35. The molecule has 0 unspecified atom stereocenters. The molecule has 0 saturated heterocycles. The van der Waals surface area contributed by atoms with E-state index in [0.29, 0.717) is 0 Å². The number of aromatic nitrogens is 1. The molecule has 7 heteroatoms. The molecule has 94 valence electrons. The predicted molar refractivity (Wildman–Crippen MR) is 51.2 cm³/mol. The molecule has 0 aromatic carbocycles. The summed E-state index contributed by atoms with van der Waals surface area (Å²) in [5, 5.41) is 9.35. The highest BCUT2D eigenvalue weighted by atomic mass is 19.4. The van der Waals surface area contributed by atoms with E-state index in [1.165, 1.54) is 0 Å². The Morgan fingerprint density at radius 1 is 1.53 bits per heavy atom. The van der Waals surface area contributed by atoms with Crippen molar-refractivity contribution in [3.8, 4) is 5.75 Å². The van der Waals surface area contributed by atoms with Gasteiger partial charge in [-0.3, -0.25) is 4.79 Å². The molecule has 1 aromatic heterocycles. The molecule has 0 atom stereocenters. The summed E-state index contributed by atoms with van der Waals surface area (Å²) in [6.45, 7) is 1.70. The van der Waals surface area contributed by atoms with Crippen LogP contribution in [0.1, 0.15) is 18.2 Å². The summed E-state index contributed by atoms with van der Waals surface area (Å²) in [4.78, 5) is 14.1. The Kier molecular flexibility index (Phi) is 3.93. The maximum atomic E-state index is 12.4. The van der Waals surface area contributed by atoms with Crippen LogP contribution in [0.2, 0.25) is 0 Å². The minimum absolute atomic E-state index is 0.122. The first-order valence-electron chi connectivity index (χ1n) is 4.76. The van der Waals surface area contributed by atoms with Gasteiger partial charge in [0, 0.05) is 11.8 Å². The quantitative estimate of drug-likeness (QED) is 0.831. The maximum Gasteiger partial charge on any atom is 0.437 e. The number of pyridine rings is 1. The topological polar surface area (TPSA) is 59.4 Å². The van der Waals surface area contributed by atoms with Gasteiger partial charge in [0.25, 0.3) is 0 Å². The van der Waals surface area contributed by atoms with Crippen molar-refractivity contribution in [3.63, 3.8) is 0 Å². The average Bonchev–Trinajstić information content (AvgIpc) is 2.19. The van der Waals surface area contributed by atoms with Gasteiger partial charge in [-0.25, -0.2) is 4.98 Å². The second kappa shape index (κ2) is 5.03. The number of esters is 1. The van der Waals surface area contributed by atoms with Crippen LogP contribution in [0.3, 0.4) is 0 Å². The van der Waals surface area contributed by atoms with Crippen LogP contribution in [0.4, 0.5) is 13.2 Å². The minimum atomic E-state index is -4.76. The molecule has 4 nitrogen and oxygen atoms in total. The molecule has 0 fully saturated rings. The van der Waals surface area contributed by atoms with E-state index in [0.717, 1.165) is 12.3 Å². The number of halogens is 3. The van der Waals surface area contributed by atoms with Gasteiger partial charge in [0.15, 0.2) is 5.69 Å².